The van der Waals surface area contributed by atoms with Gasteiger partial charge < -0.3 is 20.5 Å². The normalized spacial score (nSPS) is 18.1. The zero-order chi connectivity index (χ0) is 28.0. The molecule has 0 radical (unpaired) electrons. The number of thiocarbonyl (C=S) groups is 1. The molecule has 2 aliphatic rings. The molecule has 2 aliphatic heterocycles. The third-order valence-corrected chi connectivity index (χ3v) is 6.46. The Kier molecular flexibility index (Phi) is 10.7. The zero-order valence-corrected chi connectivity index (χ0v) is 22.6. The lowest BCUT2D eigenvalue weighted by atomic mass is 10.0. The molecule has 0 aliphatic carbocycles. The number of carbonyl (C=O) groups is 2. The minimum atomic E-state index is -5.08. The number of piperidine rings is 1. The Labute approximate surface area is 221 Å². The second-order valence-corrected chi connectivity index (χ2v) is 10.7. The van der Waals surface area contributed by atoms with Crippen LogP contribution in [0.1, 0.15) is 44.7 Å². The summed E-state index contributed by atoms with van der Waals surface area (Å²) in [5, 5.41) is 7.12. The molecule has 0 unspecified atom stereocenters. The number of carboxylic acids is 1. The molecular weight excluding hydrogens is 509 g/mol. The Balaban J connectivity index is 0.000000604. The topological polar surface area (TPSA) is 99.3 Å². The fraction of sp³-hybridized carbons (Fsp3) is 0.640. The number of benzene rings is 1. The molecule has 1 aromatic carbocycles. The maximum absolute atomic E-state index is 12.1. The first-order chi connectivity index (χ1) is 17.1. The van der Waals surface area contributed by atoms with E-state index >= 15 is 0 Å². The number of hydrogen-bond donors (Lipinski definition) is 2. The Morgan fingerprint density at radius 3 is 2.05 bits per heavy atom. The molecule has 12 heteroatoms. The maximum atomic E-state index is 12.1. The summed E-state index contributed by atoms with van der Waals surface area (Å²) in [6.07, 6.45) is -2.85. The minimum Gasteiger partial charge on any atom is -0.475 e. The number of hydrogen-bond acceptors (Lipinski definition) is 7. The second kappa shape index (κ2) is 12.9. The SMILES string of the molecule is Cc1cc(C(N)=S)ccc1N1CCN(C2CCN(CC(=O)OC(C)(C)C)CC2)CC1.O=C(O)C(F)(F)F. The van der Waals surface area contributed by atoms with Gasteiger partial charge in [0.1, 0.15) is 10.6 Å². The largest absolute Gasteiger partial charge is 0.490 e. The van der Waals surface area contributed by atoms with Crippen molar-refractivity contribution >= 4 is 34.8 Å². The number of aliphatic carboxylic acids is 1. The van der Waals surface area contributed by atoms with Gasteiger partial charge in [-0.25, -0.2) is 4.79 Å². The van der Waals surface area contributed by atoms with Crippen LogP contribution in [-0.4, -0.2) is 95.5 Å². The van der Waals surface area contributed by atoms with Crippen LogP contribution in [0.5, 0.6) is 0 Å². The van der Waals surface area contributed by atoms with Gasteiger partial charge in [0.15, 0.2) is 0 Å². The number of carbonyl (C=O) groups excluding carboxylic acids is 1. The van der Waals surface area contributed by atoms with Crippen molar-refractivity contribution in [1.82, 2.24) is 9.80 Å². The van der Waals surface area contributed by atoms with Gasteiger partial charge in [-0.05, 0) is 64.3 Å². The van der Waals surface area contributed by atoms with Crippen molar-refractivity contribution in [3.8, 4) is 0 Å². The summed E-state index contributed by atoms with van der Waals surface area (Å²) >= 11 is 5.09. The number of likely N-dealkylation sites (tertiary alicyclic amines) is 1. The number of alkyl halides is 3. The summed E-state index contributed by atoms with van der Waals surface area (Å²) in [7, 11) is 0. The number of anilines is 1. The number of halogens is 3. The van der Waals surface area contributed by atoms with Crippen LogP contribution >= 0.6 is 12.2 Å². The molecule has 2 saturated heterocycles. The summed E-state index contributed by atoms with van der Waals surface area (Å²) in [6, 6.07) is 6.87. The lowest BCUT2D eigenvalue weighted by Crippen LogP contribution is -2.53. The van der Waals surface area contributed by atoms with Gasteiger partial charge in [-0.3, -0.25) is 14.6 Å². The molecule has 0 aromatic heterocycles. The summed E-state index contributed by atoms with van der Waals surface area (Å²) in [5.74, 6) is -2.88. The molecule has 0 bridgehead atoms. The van der Waals surface area contributed by atoms with Gasteiger partial charge in [-0.15, -0.1) is 0 Å². The highest BCUT2D eigenvalue weighted by Crippen LogP contribution is 2.25. The quantitative estimate of drug-likeness (QED) is 0.426. The van der Waals surface area contributed by atoms with Crippen LogP contribution in [0.15, 0.2) is 18.2 Å². The number of ether oxygens (including phenoxy) is 1. The predicted molar refractivity (Wildman–Crippen MR) is 140 cm³/mol. The summed E-state index contributed by atoms with van der Waals surface area (Å²) in [5.41, 5.74) is 8.78. The van der Waals surface area contributed by atoms with Gasteiger partial charge >= 0.3 is 18.1 Å². The van der Waals surface area contributed by atoms with E-state index in [1.807, 2.05) is 26.8 Å². The van der Waals surface area contributed by atoms with Crippen molar-refractivity contribution in [2.24, 2.45) is 5.73 Å². The number of carboxylic acid groups (broad SMARTS) is 1. The molecule has 208 valence electrons. The van der Waals surface area contributed by atoms with Crippen LogP contribution in [0.3, 0.4) is 0 Å². The molecule has 8 nitrogen and oxygen atoms in total. The summed E-state index contributed by atoms with van der Waals surface area (Å²) in [6.45, 7) is 14.4. The average molecular weight is 547 g/mol. The number of piperazine rings is 1. The van der Waals surface area contributed by atoms with Crippen LogP contribution in [-0.2, 0) is 14.3 Å². The first kappa shape index (κ1) is 30.8. The third kappa shape index (κ3) is 10.1. The molecule has 3 rings (SSSR count). The third-order valence-electron chi connectivity index (χ3n) is 6.22. The standard InChI is InChI=1S/C23H36N4O2S.C2HF3O2/c1-17-15-18(22(24)30)5-6-20(17)27-13-11-26(12-14-27)19-7-9-25(10-8-19)16-21(28)29-23(2,3)4;3-2(4,5)1(6)7/h5-6,15,19H,7-14,16H2,1-4H3,(H2,24,30);(H,6,7). The van der Waals surface area contributed by atoms with Crippen molar-refractivity contribution < 1.29 is 32.6 Å². The van der Waals surface area contributed by atoms with Crippen LogP contribution in [0, 0.1) is 6.92 Å². The number of nitrogens with zero attached hydrogens (tertiary/aromatic N) is 3. The van der Waals surface area contributed by atoms with Crippen LogP contribution in [0.25, 0.3) is 0 Å². The van der Waals surface area contributed by atoms with Crippen LogP contribution in [0.4, 0.5) is 18.9 Å². The number of rotatable bonds is 5. The predicted octanol–water partition coefficient (Wildman–Crippen LogP) is 3.19. The Bertz CT molecular complexity index is 952. The summed E-state index contributed by atoms with van der Waals surface area (Å²) < 4.78 is 37.2. The van der Waals surface area contributed by atoms with E-state index in [-0.39, 0.29) is 5.97 Å². The molecule has 3 N–H and O–H groups in total. The molecule has 2 fully saturated rings. The number of nitrogens with two attached hydrogens (primary N) is 1. The first-order valence-electron chi connectivity index (χ1n) is 12.2. The van der Waals surface area contributed by atoms with Gasteiger partial charge in [0.25, 0.3) is 0 Å². The van der Waals surface area contributed by atoms with E-state index < -0.39 is 17.7 Å². The molecule has 0 amide bonds. The van der Waals surface area contributed by atoms with Gasteiger partial charge in [0.05, 0.1) is 6.54 Å². The van der Waals surface area contributed by atoms with Crippen molar-refractivity contribution in [1.29, 1.82) is 0 Å². The molecule has 1 aromatic rings. The highest BCUT2D eigenvalue weighted by atomic mass is 32.1. The summed E-state index contributed by atoms with van der Waals surface area (Å²) in [4.78, 5) is 28.7. The van der Waals surface area contributed by atoms with Gasteiger partial charge in [0, 0.05) is 56.6 Å². The Morgan fingerprint density at radius 1 is 1.08 bits per heavy atom. The van der Waals surface area contributed by atoms with E-state index in [1.165, 1.54) is 11.3 Å². The first-order valence-corrected chi connectivity index (χ1v) is 12.6. The molecule has 0 saturated carbocycles. The second-order valence-electron chi connectivity index (χ2n) is 10.3. The lowest BCUT2D eigenvalue weighted by Gasteiger charge is -2.43. The fourth-order valence-electron chi connectivity index (χ4n) is 4.49. The molecule has 2 heterocycles. The monoisotopic (exact) mass is 546 g/mol. The van der Waals surface area contributed by atoms with E-state index in [2.05, 4.69) is 33.8 Å². The van der Waals surface area contributed by atoms with Crippen LogP contribution in [0.2, 0.25) is 0 Å². The molecular formula is C25H37F3N4O4S. The van der Waals surface area contributed by atoms with E-state index in [4.69, 9.17) is 32.6 Å². The number of aryl methyl sites for hydroxylation is 1. The van der Waals surface area contributed by atoms with Gasteiger partial charge in [-0.1, -0.05) is 12.2 Å². The number of esters is 1. The molecule has 0 spiro atoms. The van der Waals surface area contributed by atoms with Crippen molar-refractivity contribution in [2.75, 3.05) is 50.7 Å². The van der Waals surface area contributed by atoms with Gasteiger partial charge in [0.2, 0.25) is 0 Å². The van der Waals surface area contributed by atoms with Gasteiger partial charge in [-0.2, -0.15) is 13.2 Å². The zero-order valence-electron chi connectivity index (χ0n) is 21.8. The van der Waals surface area contributed by atoms with Crippen LogP contribution < -0.4 is 10.6 Å². The highest BCUT2D eigenvalue weighted by Gasteiger charge is 2.38. The Hall–Kier alpha value is -2.44. The smallest absolute Gasteiger partial charge is 0.475 e. The van der Waals surface area contributed by atoms with Crippen molar-refractivity contribution in [3.63, 3.8) is 0 Å². The Morgan fingerprint density at radius 2 is 1.62 bits per heavy atom. The maximum Gasteiger partial charge on any atom is 0.490 e. The van der Waals surface area contributed by atoms with E-state index in [1.54, 1.807) is 0 Å². The van der Waals surface area contributed by atoms with Crippen molar-refractivity contribution in [2.45, 2.75) is 58.4 Å². The average Bonchev–Trinajstić information content (AvgIpc) is 2.78. The molecule has 37 heavy (non-hydrogen) atoms. The van der Waals surface area contributed by atoms with E-state index in [0.717, 1.165) is 57.7 Å². The van der Waals surface area contributed by atoms with Crippen molar-refractivity contribution in [3.05, 3.63) is 29.3 Å². The highest BCUT2D eigenvalue weighted by molar-refractivity contribution is 7.80. The minimum absolute atomic E-state index is 0.119. The lowest BCUT2D eigenvalue weighted by molar-refractivity contribution is -0.192. The molecule has 0 atom stereocenters. The van der Waals surface area contributed by atoms with E-state index in [9.17, 15) is 18.0 Å². The fourth-order valence-corrected chi connectivity index (χ4v) is 4.62. The van der Waals surface area contributed by atoms with E-state index in [0.29, 0.717) is 17.6 Å².